The van der Waals surface area contributed by atoms with Gasteiger partial charge < -0.3 is 9.72 Å². The molecule has 3 heterocycles. The van der Waals surface area contributed by atoms with E-state index in [-0.39, 0.29) is 10.6 Å². The first-order valence-corrected chi connectivity index (χ1v) is 9.75. The van der Waals surface area contributed by atoms with Crippen LogP contribution in [0.2, 0.25) is 0 Å². The van der Waals surface area contributed by atoms with E-state index in [0.29, 0.717) is 0 Å². The van der Waals surface area contributed by atoms with Gasteiger partial charge in [-0.3, -0.25) is 15.0 Å². The molecular formula is C19H20BrN5O2. The summed E-state index contributed by atoms with van der Waals surface area (Å²) in [6, 6.07) is 10.6. The number of nitro groups is 1. The van der Waals surface area contributed by atoms with Gasteiger partial charge in [0, 0.05) is 48.0 Å². The molecule has 1 fully saturated rings. The molecule has 0 atom stereocenters. The molecule has 0 unspecified atom stereocenters. The molecule has 1 aliphatic rings. The number of rotatable bonds is 4. The fourth-order valence-corrected chi connectivity index (χ4v) is 3.80. The standard InChI is InChI=1S/C19H20BrN5O2/c20-15-4-7-18-22-19(14-2-5-16(6-3-14)25(26)27)17(24(18)12-15)13-23-10-1-8-21-9-11-23/h2-7,12,21H,1,8-11,13H2. The Kier molecular flexibility index (Phi) is 5.20. The highest BCUT2D eigenvalue weighted by molar-refractivity contribution is 9.10. The van der Waals surface area contributed by atoms with E-state index in [1.54, 1.807) is 12.1 Å². The third kappa shape index (κ3) is 3.87. The number of non-ortho nitro benzene ring substituents is 1. The van der Waals surface area contributed by atoms with E-state index in [1.807, 2.05) is 18.3 Å². The SMILES string of the molecule is O=[N+]([O-])c1ccc(-c2nc3ccc(Br)cn3c2CN2CCCNCC2)cc1. The summed E-state index contributed by atoms with van der Waals surface area (Å²) in [6.45, 7) is 4.83. The lowest BCUT2D eigenvalue weighted by Crippen LogP contribution is -2.28. The normalized spacial score (nSPS) is 15.7. The highest BCUT2D eigenvalue weighted by Crippen LogP contribution is 2.28. The minimum Gasteiger partial charge on any atom is -0.315 e. The highest BCUT2D eigenvalue weighted by Gasteiger charge is 2.19. The maximum absolute atomic E-state index is 11.0. The Morgan fingerprint density at radius 1 is 1.15 bits per heavy atom. The molecule has 2 aromatic heterocycles. The van der Waals surface area contributed by atoms with Crippen LogP contribution in [0.3, 0.4) is 0 Å². The molecule has 0 aliphatic carbocycles. The number of pyridine rings is 1. The number of nitrogens with one attached hydrogen (secondary N) is 1. The topological polar surface area (TPSA) is 75.7 Å². The first kappa shape index (κ1) is 18.1. The number of fused-ring (bicyclic) bond motifs is 1. The van der Waals surface area contributed by atoms with E-state index in [2.05, 4.69) is 30.5 Å². The minimum absolute atomic E-state index is 0.0883. The van der Waals surface area contributed by atoms with Crippen LogP contribution in [0.1, 0.15) is 12.1 Å². The van der Waals surface area contributed by atoms with Crippen LogP contribution in [0.25, 0.3) is 16.9 Å². The van der Waals surface area contributed by atoms with Crippen molar-refractivity contribution in [3.63, 3.8) is 0 Å². The van der Waals surface area contributed by atoms with Crippen molar-refractivity contribution in [3.05, 3.63) is 62.9 Å². The number of imidazole rings is 1. The van der Waals surface area contributed by atoms with E-state index in [0.717, 1.165) is 66.2 Å². The summed E-state index contributed by atoms with van der Waals surface area (Å²) in [7, 11) is 0. The Balaban J connectivity index is 1.77. The van der Waals surface area contributed by atoms with Crippen LogP contribution in [-0.2, 0) is 6.54 Å². The molecule has 0 amide bonds. The molecule has 1 aliphatic heterocycles. The van der Waals surface area contributed by atoms with E-state index < -0.39 is 0 Å². The highest BCUT2D eigenvalue weighted by atomic mass is 79.9. The smallest absolute Gasteiger partial charge is 0.269 e. The molecule has 27 heavy (non-hydrogen) atoms. The lowest BCUT2D eigenvalue weighted by molar-refractivity contribution is -0.384. The molecule has 0 bridgehead atoms. The first-order chi connectivity index (χ1) is 13.1. The van der Waals surface area contributed by atoms with Crippen molar-refractivity contribution in [3.8, 4) is 11.3 Å². The zero-order valence-corrected chi connectivity index (χ0v) is 16.4. The van der Waals surface area contributed by atoms with Gasteiger partial charge in [0.1, 0.15) is 5.65 Å². The maximum Gasteiger partial charge on any atom is 0.269 e. The van der Waals surface area contributed by atoms with Crippen LogP contribution in [0.15, 0.2) is 47.1 Å². The second kappa shape index (κ2) is 7.75. The van der Waals surface area contributed by atoms with Crippen molar-refractivity contribution in [2.75, 3.05) is 26.2 Å². The van der Waals surface area contributed by atoms with Crippen LogP contribution < -0.4 is 5.32 Å². The Morgan fingerprint density at radius 3 is 2.74 bits per heavy atom. The summed E-state index contributed by atoms with van der Waals surface area (Å²) in [5.41, 5.74) is 3.82. The number of aromatic nitrogens is 2. The molecule has 4 rings (SSSR count). The van der Waals surface area contributed by atoms with Crippen molar-refractivity contribution >= 4 is 27.3 Å². The monoisotopic (exact) mass is 429 g/mol. The van der Waals surface area contributed by atoms with Crippen molar-refractivity contribution in [1.82, 2.24) is 19.6 Å². The zero-order chi connectivity index (χ0) is 18.8. The quantitative estimate of drug-likeness (QED) is 0.507. The lowest BCUT2D eigenvalue weighted by atomic mass is 10.1. The second-order valence-corrected chi connectivity index (χ2v) is 7.58. The van der Waals surface area contributed by atoms with E-state index in [9.17, 15) is 10.1 Å². The predicted octanol–water partition coefficient (Wildman–Crippen LogP) is 3.47. The predicted molar refractivity (Wildman–Crippen MR) is 108 cm³/mol. The third-order valence-electron chi connectivity index (χ3n) is 4.84. The molecule has 1 N–H and O–H groups in total. The number of halogens is 1. The van der Waals surface area contributed by atoms with Gasteiger partial charge in [0.15, 0.2) is 0 Å². The fourth-order valence-electron chi connectivity index (χ4n) is 3.46. The molecule has 0 radical (unpaired) electrons. The number of benzene rings is 1. The van der Waals surface area contributed by atoms with Gasteiger partial charge in [-0.05, 0) is 59.7 Å². The van der Waals surface area contributed by atoms with Gasteiger partial charge in [0.2, 0.25) is 0 Å². The average molecular weight is 430 g/mol. The summed E-state index contributed by atoms with van der Waals surface area (Å²) in [5, 5.41) is 14.4. The third-order valence-corrected chi connectivity index (χ3v) is 5.31. The van der Waals surface area contributed by atoms with Gasteiger partial charge >= 0.3 is 0 Å². The zero-order valence-electron chi connectivity index (χ0n) is 14.8. The molecule has 0 spiro atoms. The molecule has 0 saturated carbocycles. The van der Waals surface area contributed by atoms with Crippen LogP contribution in [0.5, 0.6) is 0 Å². The van der Waals surface area contributed by atoms with Crippen molar-refractivity contribution in [1.29, 1.82) is 0 Å². The number of nitro benzene ring substituents is 1. The first-order valence-electron chi connectivity index (χ1n) is 8.96. The van der Waals surface area contributed by atoms with Gasteiger partial charge in [-0.25, -0.2) is 4.98 Å². The minimum atomic E-state index is -0.379. The summed E-state index contributed by atoms with van der Waals surface area (Å²) in [4.78, 5) is 17.8. The van der Waals surface area contributed by atoms with Gasteiger partial charge in [-0.1, -0.05) is 0 Å². The molecule has 7 nitrogen and oxygen atoms in total. The molecule has 1 saturated heterocycles. The van der Waals surface area contributed by atoms with Gasteiger partial charge in [-0.15, -0.1) is 0 Å². The van der Waals surface area contributed by atoms with Crippen molar-refractivity contribution in [2.45, 2.75) is 13.0 Å². The van der Waals surface area contributed by atoms with Crippen molar-refractivity contribution < 1.29 is 4.92 Å². The number of hydrogen-bond acceptors (Lipinski definition) is 5. The van der Waals surface area contributed by atoms with Crippen molar-refractivity contribution in [2.24, 2.45) is 0 Å². The molecule has 8 heteroatoms. The number of hydrogen-bond donors (Lipinski definition) is 1. The molecule has 140 valence electrons. The lowest BCUT2D eigenvalue weighted by Gasteiger charge is -2.20. The summed E-state index contributed by atoms with van der Waals surface area (Å²) < 4.78 is 3.10. The second-order valence-electron chi connectivity index (χ2n) is 6.67. The average Bonchev–Trinajstić information content (AvgIpc) is 2.83. The van der Waals surface area contributed by atoms with Crippen LogP contribution >= 0.6 is 15.9 Å². The summed E-state index contributed by atoms with van der Waals surface area (Å²) in [6.07, 6.45) is 3.15. The fraction of sp³-hybridized carbons (Fsp3) is 0.316. The molecule has 3 aromatic rings. The Morgan fingerprint density at radius 2 is 1.96 bits per heavy atom. The van der Waals surface area contributed by atoms with Crippen LogP contribution in [0, 0.1) is 10.1 Å². The molecule has 1 aromatic carbocycles. The largest absolute Gasteiger partial charge is 0.315 e. The van der Waals surface area contributed by atoms with Crippen LogP contribution in [-0.4, -0.2) is 45.4 Å². The van der Waals surface area contributed by atoms with Crippen LogP contribution in [0.4, 0.5) is 5.69 Å². The van der Waals surface area contributed by atoms with E-state index >= 15 is 0 Å². The van der Waals surface area contributed by atoms with Gasteiger partial charge in [0.05, 0.1) is 16.3 Å². The Labute approximate surface area is 165 Å². The maximum atomic E-state index is 11.0. The number of nitrogens with zero attached hydrogens (tertiary/aromatic N) is 4. The summed E-state index contributed by atoms with van der Waals surface area (Å²) in [5.74, 6) is 0. The summed E-state index contributed by atoms with van der Waals surface area (Å²) >= 11 is 3.55. The van der Waals surface area contributed by atoms with Gasteiger partial charge in [0.25, 0.3) is 5.69 Å². The van der Waals surface area contributed by atoms with Gasteiger partial charge in [-0.2, -0.15) is 0 Å². The Bertz CT molecular complexity index is 962. The van der Waals surface area contributed by atoms with E-state index in [1.165, 1.54) is 12.1 Å². The Hall–Kier alpha value is -2.29. The van der Waals surface area contributed by atoms with E-state index in [4.69, 9.17) is 4.98 Å². The molecular weight excluding hydrogens is 410 g/mol.